The number of nitrogens with two attached hydrogens (primary N) is 1. The maximum Gasteiger partial charge on any atom is 0.283 e. The van der Waals surface area contributed by atoms with E-state index >= 15 is 0 Å². The van der Waals surface area contributed by atoms with E-state index < -0.39 is 38.8 Å². The zero-order chi connectivity index (χ0) is 12.5. The first kappa shape index (κ1) is 12.4. The first-order chi connectivity index (χ1) is 7.34. The van der Waals surface area contributed by atoms with Gasteiger partial charge in [0, 0.05) is 6.07 Å². The summed E-state index contributed by atoms with van der Waals surface area (Å²) in [5.74, 6) is -1.04. The van der Waals surface area contributed by atoms with Gasteiger partial charge in [0.1, 0.15) is 15.9 Å². The summed E-state index contributed by atoms with van der Waals surface area (Å²) in [6, 6.07) is 0.620. The van der Waals surface area contributed by atoms with Gasteiger partial charge in [-0.3, -0.25) is 14.9 Å². The summed E-state index contributed by atoms with van der Waals surface area (Å²) in [6.07, 6.45) is -3.08. The summed E-state index contributed by atoms with van der Waals surface area (Å²) in [6.45, 7) is 0. The largest absolute Gasteiger partial charge is 0.364 e. The van der Waals surface area contributed by atoms with Crippen molar-refractivity contribution in [1.29, 1.82) is 0 Å². The third-order valence-electron chi connectivity index (χ3n) is 1.66. The van der Waals surface area contributed by atoms with Crippen LogP contribution in [0.2, 0.25) is 0 Å². The number of alkyl halides is 2. The molecule has 0 radical (unpaired) electrons. The minimum atomic E-state index is -3.08. The molecule has 0 unspecified atom stereocenters. The number of pyridine rings is 1. The van der Waals surface area contributed by atoms with Crippen LogP contribution in [0.4, 0.5) is 14.5 Å². The van der Waals surface area contributed by atoms with E-state index in [-0.39, 0.29) is 0 Å². The first-order valence-corrected chi connectivity index (χ1v) is 4.56. The Labute approximate surface area is 95.7 Å². The maximum atomic E-state index is 12.5. The van der Waals surface area contributed by atoms with Crippen LogP contribution in [0.1, 0.15) is 22.5 Å². The number of aromatic nitrogens is 1. The third kappa shape index (κ3) is 2.30. The molecule has 1 aromatic heterocycles. The Balaban J connectivity index is 3.52. The standard InChI is InChI=1S/C7H4BrF2N3O3/c8-5-4(6(9)10)3(13(15)16)1-2(12-5)7(11)14/h1,6H,(H2,11,14). The van der Waals surface area contributed by atoms with E-state index in [0.29, 0.717) is 6.07 Å². The second-order valence-electron chi connectivity index (χ2n) is 2.65. The van der Waals surface area contributed by atoms with Crippen molar-refractivity contribution in [2.24, 2.45) is 5.73 Å². The van der Waals surface area contributed by atoms with Crippen molar-refractivity contribution in [3.05, 3.63) is 32.0 Å². The van der Waals surface area contributed by atoms with Gasteiger partial charge in [0.2, 0.25) is 0 Å². The van der Waals surface area contributed by atoms with Gasteiger partial charge in [0.15, 0.2) is 0 Å². The molecule has 0 aliphatic carbocycles. The number of amides is 1. The highest BCUT2D eigenvalue weighted by Crippen LogP contribution is 2.34. The SMILES string of the molecule is NC(=O)c1cc([N+](=O)[O-])c(C(F)F)c(Br)n1. The molecule has 0 atom stereocenters. The molecular weight excluding hydrogens is 292 g/mol. The molecule has 86 valence electrons. The van der Waals surface area contributed by atoms with Crippen LogP contribution in [0.25, 0.3) is 0 Å². The van der Waals surface area contributed by atoms with Crippen LogP contribution in [0.15, 0.2) is 10.7 Å². The average molecular weight is 296 g/mol. The molecular formula is C7H4BrF2N3O3. The molecule has 0 aromatic carbocycles. The molecule has 1 amide bonds. The molecule has 1 heterocycles. The molecule has 2 N–H and O–H groups in total. The lowest BCUT2D eigenvalue weighted by atomic mass is 10.2. The van der Waals surface area contributed by atoms with Crippen molar-refractivity contribution in [3.63, 3.8) is 0 Å². The van der Waals surface area contributed by atoms with Gasteiger partial charge >= 0.3 is 0 Å². The zero-order valence-corrected chi connectivity index (χ0v) is 9.07. The number of carbonyl (C=O) groups excluding carboxylic acids is 1. The van der Waals surface area contributed by atoms with Crippen LogP contribution in [0.5, 0.6) is 0 Å². The Hall–Kier alpha value is -1.64. The van der Waals surface area contributed by atoms with E-state index in [9.17, 15) is 23.7 Å². The Morgan fingerprint density at radius 3 is 2.56 bits per heavy atom. The van der Waals surface area contributed by atoms with E-state index in [4.69, 9.17) is 5.73 Å². The number of primary amides is 1. The van der Waals surface area contributed by atoms with Crippen LogP contribution < -0.4 is 5.73 Å². The second-order valence-corrected chi connectivity index (χ2v) is 3.40. The molecule has 6 nitrogen and oxygen atoms in total. The van der Waals surface area contributed by atoms with Crippen LogP contribution in [0.3, 0.4) is 0 Å². The quantitative estimate of drug-likeness (QED) is 0.522. The molecule has 1 rings (SSSR count). The Morgan fingerprint density at radius 1 is 1.62 bits per heavy atom. The van der Waals surface area contributed by atoms with Gasteiger partial charge in [-0.1, -0.05) is 0 Å². The number of halogens is 3. The minimum Gasteiger partial charge on any atom is -0.364 e. The topological polar surface area (TPSA) is 99.1 Å². The van der Waals surface area contributed by atoms with Crippen molar-refractivity contribution in [1.82, 2.24) is 4.98 Å². The molecule has 0 spiro atoms. The molecule has 0 aliphatic heterocycles. The molecule has 0 aliphatic rings. The van der Waals surface area contributed by atoms with E-state index in [1.165, 1.54) is 0 Å². The lowest BCUT2D eigenvalue weighted by Crippen LogP contribution is -2.14. The summed E-state index contributed by atoms with van der Waals surface area (Å²) >= 11 is 2.63. The van der Waals surface area contributed by atoms with Gasteiger partial charge < -0.3 is 5.73 Å². The Bertz CT molecular complexity index is 466. The van der Waals surface area contributed by atoms with Gasteiger partial charge in [-0.25, -0.2) is 13.8 Å². The number of hydrogen-bond donors (Lipinski definition) is 1. The summed E-state index contributed by atoms with van der Waals surface area (Å²) in [4.78, 5) is 23.6. The van der Waals surface area contributed by atoms with Crippen LogP contribution >= 0.6 is 15.9 Å². The van der Waals surface area contributed by atoms with E-state index in [0.717, 1.165) is 0 Å². The minimum absolute atomic E-state index is 0.456. The van der Waals surface area contributed by atoms with Crippen molar-refractivity contribution in [2.45, 2.75) is 6.43 Å². The van der Waals surface area contributed by atoms with Crippen LogP contribution in [-0.4, -0.2) is 15.8 Å². The summed E-state index contributed by atoms with van der Waals surface area (Å²) in [7, 11) is 0. The monoisotopic (exact) mass is 295 g/mol. The van der Waals surface area contributed by atoms with Crippen LogP contribution in [0, 0.1) is 10.1 Å². The van der Waals surface area contributed by atoms with Crippen molar-refractivity contribution < 1.29 is 18.5 Å². The van der Waals surface area contributed by atoms with Gasteiger partial charge in [-0.2, -0.15) is 0 Å². The lowest BCUT2D eigenvalue weighted by Gasteiger charge is -2.05. The predicted molar refractivity (Wildman–Crippen MR) is 52.1 cm³/mol. The van der Waals surface area contributed by atoms with Gasteiger partial charge in [0.25, 0.3) is 18.0 Å². The highest BCUT2D eigenvalue weighted by Gasteiger charge is 2.27. The molecule has 0 fully saturated rings. The van der Waals surface area contributed by atoms with E-state index in [2.05, 4.69) is 20.9 Å². The molecule has 16 heavy (non-hydrogen) atoms. The molecule has 9 heteroatoms. The summed E-state index contributed by atoms with van der Waals surface area (Å²) in [5.41, 5.74) is 2.61. The fourth-order valence-corrected chi connectivity index (χ4v) is 1.56. The predicted octanol–water partition coefficient (Wildman–Crippen LogP) is 1.79. The summed E-state index contributed by atoms with van der Waals surface area (Å²) in [5, 5.41) is 10.5. The van der Waals surface area contributed by atoms with Crippen molar-refractivity contribution in [3.8, 4) is 0 Å². The fourth-order valence-electron chi connectivity index (χ4n) is 0.990. The number of hydrogen-bond acceptors (Lipinski definition) is 4. The number of carbonyl (C=O) groups is 1. The number of nitro groups is 1. The molecule has 0 saturated carbocycles. The Morgan fingerprint density at radius 2 is 2.19 bits per heavy atom. The fraction of sp³-hybridized carbons (Fsp3) is 0.143. The smallest absolute Gasteiger partial charge is 0.283 e. The molecule has 0 bridgehead atoms. The highest BCUT2D eigenvalue weighted by atomic mass is 79.9. The van der Waals surface area contributed by atoms with Crippen LogP contribution in [-0.2, 0) is 0 Å². The van der Waals surface area contributed by atoms with E-state index in [1.54, 1.807) is 0 Å². The molecule has 1 aromatic rings. The average Bonchev–Trinajstić information content (AvgIpc) is 2.15. The highest BCUT2D eigenvalue weighted by molar-refractivity contribution is 9.10. The van der Waals surface area contributed by atoms with Gasteiger partial charge in [-0.05, 0) is 15.9 Å². The lowest BCUT2D eigenvalue weighted by molar-refractivity contribution is -0.386. The van der Waals surface area contributed by atoms with Gasteiger partial charge in [-0.15, -0.1) is 0 Å². The van der Waals surface area contributed by atoms with E-state index in [1.807, 2.05) is 0 Å². The second kappa shape index (κ2) is 4.47. The van der Waals surface area contributed by atoms with Crippen molar-refractivity contribution in [2.75, 3.05) is 0 Å². The normalized spacial score (nSPS) is 10.5. The third-order valence-corrected chi connectivity index (χ3v) is 2.26. The van der Waals surface area contributed by atoms with Crippen molar-refractivity contribution >= 4 is 27.5 Å². The summed E-state index contributed by atoms with van der Waals surface area (Å²) < 4.78 is 24.5. The maximum absolute atomic E-state index is 12.5. The molecule has 0 saturated heterocycles. The number of nitrogens with zero attached hydrogens (tertiary/aromatic N) is 2. The first-order valence-electron chi connectivity index (χ1n) is 3.77. The zero-order valence-electron chi connectivity index (χ0n) is 7.49. The van der Waals surface area contributed by atoms with Gasteiger partial charge in [0.05, 0.1) is 4.92 Å². The number of rotatable bonds is 3. The Kier molecular flexibility index (Phi) is 3.48.